The van der Waals surface area contributed by atoms with Crippen LogP contribution in [0.5, 0.6) is 0 Å². The number of anilines is 2. The zero-order valence-corrected chi connectivity index (χ0v) is 21.8. The summed E-state index contributed by atoms with van der Waals surface area (Å²) in [4.78, 5) is 38.8. The molecule has 2 aromatic carbocycles. The first-order valence-electron chi connectivity index (χ1n) is 12.8. The molecule has 3 atom stereocenters. The quantitative estimate of drug-likeness (QED) is 0.502. The lowest BCUT2D eigenvalue weighted by molar-refractivity contribution is -0.134. The number of amides is 1. The molecule has 37 heavy (non-hydrogen) atoms. The second-order valence-electron chi connectivity index (χ2n) is 9.42. The third kappa shape index (κ3) is 7.20. The first-order chi connectivity index (χ1) is 17.7. The predicted molar refractivity (Wildman–Crippen MR) is 144 cm³/mol. The van der Waals surface area contributed by atoms with Crippen LogP contribution >= 0.6 is 0 Å². The number of rotatable bonds is 8. The number of para-hydroxylation sites is 1. The molecule has 8 nitrogen and oxygen atoms in total. The molecule has 2 aliphatic heterocycles. The number of carbonyl (C=O) groups excluding carboxylic acids is 1. The van der Waals surface area contributed by atoms with E-state index >= 15 is 0 Å². The van der Waals surface area contributed by atoms with E-state index < -0.39 is 11.9 Å². The van der Waals surface area contributed by atoms with E-state index in [1.807, 2.05) is 30.9 Å². The Bertz CT molecular complexity index is 1050. The van der Waals surface area contributed by atoms with Crippen LogP contribution in [0.15, 0.2) is 66.7 Å². The van der Waals surface area contributed by atoms with Crippen molar-refractivity contribution >= 4 is 29.2 Å². The first-order valence-corrected chi connectivity index (χ1v) is 12.8. The number of benzene rings is 2. The summed E-state index contributed by atoms with van der Waals surface area (Å²) in [5, 5.41) is 15.6. The topological polar surface area (TPSA) is 101 Å². The van der Waals surface area contributed by atoms with Gasteiger partial charge in [0.1, 0.15) is 0 Å². The maximum atomic E-state index is 12.7. The highest BCUT2D eigenvalue weighted by Gasteiger charge is 2.40. The van der Waals surface area contributed by atoms with E-state index in [9.17, 15) is 14.4 Å². The molecular formula is C29H37N3O5. The van der Waals surface area contributed by atoms with Crippen molar-refractivity contribution in [1.82, 2.24) is 9.80 Å². The predicted octanol–water partition coefficient (Wildman–Crippen LogP) is 4.64. The van der Waals surface area contributed by atoms with Crippen LogP contribution in [0.1, 0.15) is 49.9 Å². The second-order valence-corrected chi connectivity index (χ2v) is 9.42. The van der Waals surface area contributed by atoms with Gasteiger partial charge in [-0.05, 0) is 83.0 Å². The summed E-state index contributed by atoms with van der Waals surface area (Å²) < 4.78 is 0. The number of carboxylic acid groups (broad SMARTS) is 2. The average Bonchev–Trinajstić information content (AvgIpc) is 3.09. The average molecular weight is 508 g/mol. The minimum atomic E-state index is -1.26. The lowest BCUT2D eigenvalue weighted by Gasteiger charge is -2.43. The van der Waals surface area contributed by atoms with Crippen molar-refractivity contribution in [3.8, 4) is 0 Å². The fraction of sp³-hybridized carbons (Fsp3) is 0.414. The summed E-state index contributed by atoms with van der Waals surface area (Å²) >= 11 is 0. The maximum absolute atomic E-state index is 12.7. The molecule has 2 fully saturated rings. The van der Waals surface area contributed by atoms with Gasteiger partial charge in [0, 0.05) is 60.3 Å². The van der Waals surface area contributed by atoms with Crippen LogP contribution in [-0.2, 0) is 9.59 Å². The molecule has 2 aromatic rings. The molecule has 4 rings (SSSR count). The molecule has 0 radical (unpaired) electrons. The van der Waals surface area contributed by atoms with Gasteiger partial charge in [0.25, 0.3) is 5.91 Å². The summed E-state index contributed by atoms with van der Waals surface area (Å²) in [6.07, 6.45) is 6.14. The van der Waals surface area contributed by atoms with E-state index in [4.69, 9.17) is 10.2 Å². The van der Waals surface area contributed by atoms with Crippen LogP contribution in [-0.4, -0.2) is 76.1 Å². The van der Waals surface area contributed by atoms with Gasteiger partial charge in [-0.1, -0.05) is 18.2 Å². The lowest BCUT2D eigenvalue weighted by Crippen LogP contribution is -2.47. The van der Waals surface area contributed by atoms with Gasteiger partial charge < -0.3 is 24.9 Å². The van der Waals surface area contributed by atoms with Gasteiger partial charge in [0.05, 0.1) is 0 Å². The van der Waals surface area contributed by atoms with Crippen molar-refractivity contribution in [2.45, 2.75) is 57.7 Å². The van der Waals surface area contributed by atoms with E-state index in [2.05, 4.69) is 59.3 Å². The van der Waals surface area contributed by atoms with Crippen LogP contribution in [0.3, 0.4) is 0 Å². The zero-order valence-electron chi connectivity index (χ0n) is 21.8. The van der Waals surface area contributed by atoms with Gasteiger partial charge in [0.15, 0.2) is 0 Å². The number of carboxylic acids is 2. The molecule has 0 aliphatic carbocycles. The van der Waals surface area contributed by atoms with Crippen molar-refractivity contribution < 1.29 is 24.6 Å². The van der Waals surface area contributed by atoms with E-state index in [0.29, 0.717) is 30.3 Å². The van der Waals surface area contributed by atoms with Crippen LogP contribution in [0.25, 0.3) is 0 Å². The highest BCUT2D eigenvalue weighted by Crippen LogP contribution is 2.40. The monoisotopic (exact) mass is 507 g/mol. The highest BCUT2D eigenvalue weighted by molar-refractivity contribution is 5.94. The molecule has 198 valence electrons. The standard InChI is InChI=1S/C25H33N3O.C4H4O4/c1-4-27(5-2)25(29)19-11-13-21(14-12-19)28(20-9-7-6-8-10-20)24-17-22-15-16-23(18-24)26(22)3;5-3(6)1-2-4(7)8/h6-14,22-24H,4-5,15-18H2,1-3H3;1-2H,(H,5,6)(H,7,8)/b;2-1+/t22-,23+,24?;. The second kappa shape index (κ2) is 13.1. The van der Waals surface area contributed by atoms with Crippen molar-refractivity contribution in [3.05, 3.63) is 72.3 Å². The fourth-order valence-electron chi connectivity index (χ4n) is 5.35. The first kappa shape index (κ1) is 27.9. The van der Waals surface area contributed by atoms with Crippen LogP contribution in [0.2, 0.25) is 0 Å². The molecule has 2 saturated heterocycles. The highest BCUT2D eigenvalue weighted by atomic mass is 16.4. The van der Waals surface area contributed by atoms with Gasteiger partial charge in [-0.25, -0.2) is 9.59 Å². The van der Waals surface area contributed by atoms with Crippen LogP contribution in [0.4, 0.5) is 11.4 Å². The Balaban J connectivity index is 0.000000414. The summed E-state index contributed by atoms with van der Waals surface area (Å²) in [7, 11) is 2.29. The van der Waals surface area contributed by atoms with Gasteiger partial charge >= 0.3 is 11.9 Å². The Kier molecular flexibility index (Phi) is 9.85. The minimum Gasteiger partial charge on any atom is -0.478 e. The number of hydrogen-bond donors (Lipinski definition) is 2. The van der Waals surface area contributed by atoms with E-state index in [0.717, 1.165) is 18.7 Å². The number of hydrogen-bond acceptors (Lipinski definition) is 5. The van der Waals surface area contributed by atoms with Gasteiger partial charge in [-0.15, -0.1) is 0 Å². The number of carbonyl (C=O) groups is 3. The third-order valence-corrected chi connectivity index (χ3v) is 7.28. The Morgan fingerprint density at radius 2 is 1.32 bits per heavy atom. The van der Waals surface area contributed by atoms with Gasteiger partial charge in [-0.2, -0.15) is 0 Å². The molecule has 2 bridgehead atoms. The molecule has 1 unspecified atom stereocenters. The summed E-state index contributed by atoms with van der Waals surface area (Å²) in [6, 6.07) is 20.8. The maximum Gasteiger partial charge on any atom is 0.328 e. The normalized spacial score (nSPS) is 20.7. The Morgan fingerprint density at radius 1 is 0.838 bits per heavy atom. The van der Waals surface area contributed by atoms with Crippen molar-refractivity contribution in [2.75, 3.05) is 25.0 Å². The molecule has 2 N–H and O–H groups in total. The largest absolute Gasteiger partial charge is 0.478 e. The van der Waals surface area contributed by atoms with Crippen molar-refractivity contribution in [3.63, 3.8) is 0 Å². The molecule has 8 heteroatoms. The summed E-state index contributed by atoms with van der Waals surface area (Å²) in [6.45, 7) is 5.54. The van der Waals surface area contributed by atoms with Gasteiger partial charge in [-0.3, -0.25) is 4.79 Å². The Morgan fingerprint density at radius 3 is 1.78 bits per heavy atom. The van der Waals surface area contributed by atoms with Crippen molar-refractivity contribution in [1.29, 1.82) is 0 Å². The molecule has 0 spiro atoms. The van der Waals surface area contributed by atoms with Crippen LogP contribution < -0.4 is 4.90 Å². The molecular weight excluding hydrogens is 470 g/mol. The zero-order chi connectivity index (χ0) is 26.9. The Labute approximate surface area is 218 Å². The molecule has 1 amide bonds. The Hall–Kier alpha value is -3.65. The lowest BCUT2D eigenvalue weighted by atomic mass is 9.95. The van der Waals surface area contributed by atoms with Crippen LogP contribution in [0, 0.1) is 0 Å². The SMILES string of the molecule is CCN(CC)C(=O)c1ccc(N(c2ccccc2)C2C[C@H]3CC[C@@H](C2)N3C)cc1.O=C(O)/C=C/C(=O)O. The van der Waals surface area contributed by atoms with E-state index in [1.165, 1.54) is 37.1 Å². The fourth-order valence-corrected chi connectivity index (χ4v) is 5.35. The molecule has 0 aromatic heterocycles. The number of nitrogens with zero attached hydrogens (tertiary/aromatic N) is 3. The molecule has 2 heterocycles. The smallest absolute Gasteiger partial charge is 0.328 e. The molecule has 2 aliphatic rings. The molecule has 0 saturated carbocycles. The van der Waals surface area contributed by atoms with Gasteiger partial charge in [0.2, 0.25) is 0 Å². The van der Waals surface area contributed by atoms with Crippen molar-refractivity contribution in [2.24, 2.45) is 0 Å². The minimum absolute atomic E-state index is 0.116. The number of aliphatic carboxylic acids is 2. The number of piperidine rings is 1. The summed E-state index contributed by atoms with van der Waals surface area (Å²) in [5.74, 6) is -2.40. The third-order valence-electron chi connectivity index (χ3n) is 7.28. The van der Waals surface area contributed by atoms with E-state index in [1.54, 1.807) is 0 Å². The van der Waals surface area contributed by atoms with E-state index in [-0.39, 0.29) is 5.91 Å². The number of fused-ring (bicyclic) bond motifs is 2. The summed E-state index contributed by atoms with van der Waals surface area (Å²) in [5.41, 5.74) is 3.19.